The van der Waals surface area contributed by atoms with Crippen LogP contribution in [0.3, 0.4) is 0 Å². The molecule has 9 nitrogen and oxygen atoms in total. The number of pyridine rings is 1. The second kappa shape index (κ2) is 10.1. The highest BCUT2D eigenvalue weighted by atomic mass is 19.4. The van der Waals surface area contributed by atoms with Crippen LogP contribution in [0.4, 0.5) is 19.1 Å². The Morgan fingerprint density at radius 3 is 2.70 bits per heavy atom. The summed E-state index contributed by atoms with van der Waals surface area (Å²) in [6, 6.07) is 3.64. The van der Waals surface area contributed by atoms with Crippen LogP contribution in [0.15, 0.2) is 29.0 Å². The largest absolute Gasteiger partial charge is 0.419 e. The van der Waals surface area contributed by atoms with Gasteiger partial charge in [-0.3, -0.25) is 0 Å². The quantitative estimate of drug-likeness (QED) is 0.285. The molecule has 37 heavy (non-hydrogen) atoms. The maximum atomic E-state index is 14.0. The average Bonchev–Trinajstić information content (AvgIpc) is 3.57. The molecule has 0 unspecified atom stereocenters. The lowest BCUT2D eigenvalue weighted by molar-refractivity contribution is -0.137. The van der Waals surface area contributed by atoms with Crippen LogP contribution in [0.5, 0.6) is 0 Å². The molecule has 1 aliphatic carbocycles. The molecule has 0 bridgehead atoms. The number of aryl methyl sites for hydroxylation is 2. The number of methoxy groups -OCH3 is 1. The van der Waals surface area contributed by atoms with Crippen molar-refractivity contribution in [3.8, 4) is 22.5 Å². The van der Waals surface area contributed by atoms with Gasteiger partial charge in [0.25, 0.3) is 0 Å². The Balaban J connectivity index is 1.50. The molecule has 12 heteroatoms. The van der Waals surface area contributed by atoms with Gasteiger partial charge < -0.3 is 24.9 Å². The minimum absolute atomic E-state index is 0.00341. The van der Waals surface area contributed by atoms with E-state index in [9.17, 15) is 13.2 Å². The first-order chi connectivity index (χ1) is 17.8. The molecular formula is C25H28F3N7O2. The van der Waals surface area contributed by atoms with Crippen LogP contribution in [-0.4, -0.2) is 57.4 Å². The Morgan fingerprint density at radius 2 is 1.97 bits per heavy atom. The zero-order chi connectivity index (χ0) is 26.2. The molecule has 1 aliphatic rings. The molecule has 0 spiro atoms. The van der Waals surface area contributed by atoms with Crippen LogP contribution in [0.25, 0.3) is 33.5 Å². The van der Waals surface area contributed by atoms with Gasteiger partial charge in [0.1, 0.15) is 17.0 Å². The van der Waals surface area contributed by atoms with Crippen molar-refractivity contribution in [3.05, 3.63) is 41.5 Å². The summed E-state index contributed by atoms with van der Waals surface area (Å²) in [4.78, 5) is 16.0. The van der Waals surface area contributed by atoms with Crippen molar-refractivity contribution >= 4 is 17.0 Å². The van der Waals surface area contributed by atoms with Crippen LogP contribution >= 0.6 is 0 Å². The van der Waals surface area contributed by atoms with Crippen molar-refractivity contribution in [2.24, 2.45) is 0 Å². The van der Waals surface area contributed by atoms with Gasteiger partial charge in [-0.2, -0.15) is 13.2 Å². The van der Waals surface area contributed by atoms with E-state index in [2.05, 4.69) is 35.7 Å². The number of fused-ring (bicyclic) bond motifs is 1. The minimum atomic E-state index is -4.63. The third-order valence-corrected chi connectivity index (χ3v) is 6.72. The summed E-state index contributed by atoms with van der Waals surface area (Å²) in [5, 5.41) is 11.2. The number of H-pyrrole nitrogens is 1. The van der Waals surface area contributed by atoms with Gasteiger partial charge in [-0.05, 0) is 45.2 Å². The standard InChI is InChI=1S/C25H28F3N7O2/c1-13-21(14(2)37-35-13)20-8-7-15-16(11-30-23(15)32-20)22-17(25(26,27)28)12-31-24(34-22)33-19-6-4-5-18(19)29-9-10-36-3/h7-8,11-12,18-19,29H,4-6,9-10H2,1-3H3,(H,30,32)(H,31,33,34)/t18-,19+/m1/s1. The van der Waals surface area contributed by atoms with E-state index >= 15 is 0 Å². The number of hydrogen-bond acceptors (Lipinski definition) is 8. The Morgan fingerprint density at radius 1 is 1.16 bits per heavy atom. The number of rotatable bonds is 8. The van der Waals surface area contributed by atoms with Gasteiger partial charge in [-0.25, -0.2) is 15.0 Å². The van der Waals surface area contributed by atoms with Crippen molar-refractivity contribution in [2.45, 2.75) is 51.4 Å². The molecule has 1 saturated carbocycles. The smallest absolute Gasteiger partial charge is 0.383 e. The molecule has 4 heterocycles. The molecule has 0 radical (unpaired) electrons. The summed E-state index contributed by atoms with van der Waals surface area (Å²) in [7, 11) is 1.64. The predicted molar refractivity (Wildman–Crippen MR) is 132 cm³/mol. The van der Waals surface area contributed by atoms with E-state index in [4.69, 9.17) is 9.26 Å². The van der Waals surface area contributed by atoms with Crippen molar-refractivity contribution in [2.75, 3.05) is 25.6 Å². The summed E-state index contributed by atoms with van der Waals surface area (Å²) in [5.41, 5.74) is 1.68. The molecule has 4 aromatic rings. The molecule has 0 aromatic carbocycles. The highest BCUT2D eigenvalue weighted by molar-refractivity contribution is 5.94. The summed E-state index contributed by atoms with van der Waals surface area (Å²) < 4.78 is 52.3. The Bertz CT molecular complexity index is 1380. The molecule has 4 aromatic heterocycles. The molecule has 1 fully saturated rings. The topological polar surface area (TPSA) is 114 Å². The molecule has 196 valence electrons. The summed E-state index contributed by atoms with van der Waals surface area (Å²) in [6.07, 6.45) is 0.539. The zero-order valence-electron chi connectivity index (χ0n) is 20.7. The van der Waals surface area contributed by atoms with Gasteiger partial charge in [0.2, 0.25) is 5.95 Å². The second-order valence-electron chi connectivity index (χ2n) is 9.18. The van der Waals surface area contributed by atoms with Crippen molar-refractivity contribution < 1.29 is 22.4 Å². The maximum absolute atomic E-state index is 14.0. The van der Waals surface area contributed by atoms with Crippen LogP contribution in [0.2, 0.25) is 0 Å². The van der Waals surface area contributed by atoms with Crippen LogP contribution in [-0.2, 0) is 10.9 Å². The fraction of sp³-hybridized carbons (Fsp3) is 0.440. The predicted octanol–water partition coefficient (Wildman–Crippen LogP) is 4.88. The lowest BCUT2D eigenvalue weighted by atomic mass is 10.1. The minimum Gasteiger partial charge on any atom is -0.383 e. The third kappa shape index (κ3) is 5.03. The molecule has 0 saturated heterocycles. The Hall–Kier alpha value is -3.51. The van der Waals surface area contributed by atoms with E-state index in [1.165, 1.54) is 6.20 Å². The van der Waals surface area contributed by atoms with Crippen LogP contribution in [0.1, 0.15) is 36.3 Å². The first-order valence-electron chi connectivity index (χ1n) is 12.1. The molecule has 3 N–H and O–H groups in total. The molecule has 5 rings (SSSR count). The van der Waals surface area contributed by atoms with Crippen LogP contribution in [0, 0.1) is 13.8 Å². The number of nitrogens with one attached hydrogen (secondary N) is 3. The number of alkyl halides is 3. The highest BCUT2D eigenvalue weighted by Gasteiger charge is 2.36. The average molecular weight is 516 g/mol. The Kier molecular flexibility index (Phi) is 6.86. The molecule has 0 aliphatic heterocycles. The lowest BCUT2D eigenvalue weighted by Crippen LogP contribution is -2.41. The van der Waals surface area contributed by atoms with E-state index in [-0.39, 0.29) is 23.7 Å². The van der Waals surface area contributed by atoms with Gasteiger partial charge in [-0.1, -0.05) is 5.16 Å². The van der Waals surface area contributed by atoms with Gasteiger partial charge in [0, 0.05) is 49.1 Å². The van der Waals surface area contributed by atoms with E-state index in [1.807, 2.05) is 6.92 Å². The van der Waals surface area contributed by atoms with Gasteiger partial charge in [0.15, 0.2) is 0 Å². The van der Waals surface area contributed by atoms with Crippen molar-refractivity contribution in [3.63, 3.8) is 0 Å². The van der Waals surface area contributed by atoms with Gasteiger partial charge in [0.05, 0.1) is 29.3 Å². The maximum Gasteiger partial charge on any atom is 0.419 e. The number of nitrogens with zero attached hydrogens (tertiary/aromatic N) is 4. The zero-order valence-corrected chi connectivity index (χ0v) is 20.7. The fourth-order valence-electron chi connectivity index (χ4n) is 4.94. The van der Waals surface area contributed by atoms with E-state index < -0.39 is 11.7 Å². The highest BCUT2D eigenvalue weighted by Crippen LogP contribution is 2.39. The number of halogens is 3. The second-order valence-corrected chi connectivity index (χ2v) is 9.18. The van der Waals surface area contributed by atoms with Crippen molar-refractivity contribution in [1.82, 2.24) is 30.4 Å². The van der Waals surface area contributed by atoms with E-state index in [0.29, 0.717) is 46.9 Å². The van der Waals surface area contributed by atoms with E-state index in [0.717, 1.165) is 31.0 Å². The number of anilines is 1. The van der Waals surface area contributed by atoms with Crippen LogP contribution < -0.4 is 10.6 Å². The summed E-state index contributed by atoms with van der Waals surface area (Å²) in [6.45, 7) is 4.87. The first-order valence-corrected chi connectivity index (χ1v) is 12.1. The summed E-state index contributed by atoms with van der Waals surface area (Å²) >= 11 is 0. The van der Waals surface area contributed by atoms with Crippen molar-refractivity contribution in [1.29, 1.82) is 0 Å². The van der Waals surface area contributed by atoms with E-state index in [1.54, 1.807) is 26.2 Å². The number of aromatic amines is 1. The van der Waals surface area contributed by atoms with Gasteiger partial charge >= 0.3 is 6.18 Å². The summed E-state index contributed by atoms with van der Waals surface area (Å²) in [5.74, 6) is 0.770. The monoisotopic (exact) mass is 515 g/mol. The Labute approximate surface area is 211 Å². The first kappa shape index (κ1) is 25.2. The normalized spacial score (nSPS) is 18.1. The SMILES string of the molecule is COCCN[C@@H]1CCC[C@@H]1Nc1ncc(C(F)(F)F)c(-c2c[nH]c3nc(-c4c(C)noc4C)ccc23)n1. The number of hydrogen-bond donors (Lipinski definition) is 3. The number of ether oxygens (including phenoxy) is 1. The molecule has 0 amide bonds. The third-order valence-electron chi connectivity index (χ3n) is 6.72. The fourth-order valence-corrected chi connectivity index (χ4v) is 4.94. The molecular weight excluding hydrogens is 487 g/mol. The number of aromatic nitrogens is 5. The van der Waals surface area contributed by atoms with Gasteiger partial charge in [-0.15, -0.1) is 0 Å². The lowest BCUT2D eigenvalue weighted by Gasteiger charge is -2.23. The molecule has 2 atom stereocenters.